The van der Waals surface area contributed by atoms with Gasteiger partial charge >= 0.3 is 0 Å². The largest absolute Gasteiger partial charge is 0.297 e. The van der Waals surface area contributed by atoms with Gasteiger partial charge in [0.2, 0.25) is 0 Å². The molecule has 0 spiro atoms. The Morgan fingerprint density at radius 3 is 3.23 bits per heavy atom. The first-order valence-electron chi connectivity index (χ1n) is 3.74. The molecule has 0 saturated carbocycles. The molecule has 0 aliphatic carbocycles. The van der Waals surface area contributed by atoms with Gasteiger partial charge in [0.15, 0.2) is 4.96 Å². The lowest BCUT2D eigenvalue weighted by Gasteiger charge is -1.81. The van der Waals surface area contributed by atoms with Gasteiger partial charge in [0.25, 0.3) is 0 Å². The first-order valence-corrected chi connectivity index (χ1v) is 4.56. The van der Waals surface area contributed by atoms with Crippen molar-refractivity contribution in [2.75, 3.05) is 0 Å². The Bertz CT molecular complexity index is 444. The van der Waals surface area contributed by atoms with Crippen LogP contribution in [0.1, 0.15) is 10.6 Å². The Balaban J connectivity index is 2.39. The van der Waals surface area contributed by atoms with Gasteiger partial charge in [0.05, 0.1) is 12.2 Å². The number of aryl methyl sites for hydroxylation is 1. The highest BCUT2D eigenvalue weighted by Gasteiger charge is 2.02. The van der Waals surface area contributed by atoms with Crippen molar-refractivity contribution in [3.8, 4) is 0 Å². The van der Waals surface area contributed by atoms with E-state index in [0.717, 1.165) is 10.7 Å². The fraction of sp³-hybridized carbons (Fsp3) is 0.286. The van der Waals surface area contributed by atoms with Crippen LogP contribution in [0.3, 0.4) is 0 Å². The molecule has 66 valence electrons. The summed E-state index contributed by atoms with van der Waals surface area (Å²) in [5.41, 5.74) is 8.93. The summed E-state index contributed by atoms with van der Waals surface area (Å²) in [6, 6.07) is 0. The van der Waals surface area contributed by atoms with Crippen molar-refractivity contribution in [1.29, 1.82) is 0 Å². The summed E-state index contributed by atoms with van der Waals surface area (Å²) in [4.78, 5) is 9.14. The Morgan fingerprint density at radius 1 is 1.69 bits per heavy atom. The number of thiazole rings is 1. The highest BCUT2D eigenvalue weighted by Crippen LogP contribution is 2.16. The summed E-state index contributed by atoms with van der Waals surface area (Å²) in [6.07, 6.45) is 3.89. The molecular formula is C7H7N5S. The molecule has 0 aliphatic rings. The van der Waals surface area contributed by atoms with E-state index < -0.39 is 0 Å². The number of aromatic nitrogens is 2. The Morgan fingerprint density at radius 2 is 2.54 bits per heavy atom. The van der Waals surface area contributed by atoms with Crippen LogP contribution in [0.5, 0.6) is 0 Å². The van der Waals surface area contributed by atoms with Crippen molar-refractivity contribution in [3.05, 3.63) is 33.4 Å². The molecule has 2 aromatic heterocycles. The maximum absolute atomic E-state index is 8.12. The molecule has 0 atom stereocenters. The molecule has 0 aliphatic heterocycles. The maximum Gasteiger partial charge on any atom is 0.194 e. The van der Waals surface area contributed by atoms with Crippen LogP contribution >= 0.6 is 11.3 Å². The lowest BCUT2D eigenvalue weighted by molar-refractivity contribution is 0.997. The summed E-state index contributed by atoms with van der Waals surface area (Å²) in [7, 11) is 0. The topological polar surface area (TPSA) is 66.1 Å². The zero-order valence-corrected chi connectivity index (χ0v) is 7.82. The molecule has 2 rings (SSSR count). The van der Waals surface area contributed by atoms with E-state index in [1.54, 1.807) is 11.3 Å². The average Bonchev–Trinajstić information content (AvgIpc) is 2.57. The third-order valence-corrected chi connectivity index (χ3v) is 2.53. The van der Waals surface area contributed by atoms with E-state index in [0.29, 0.717) is 6.54 Å². The molecule has 2 aromatic rings. The van der Waals surface area contributed by atoms with Crippen LogP contribution in [0.15, 0.2) is 17.5 Å². The van der Waals surface area contributed by atoms with Crippen molar-refractivity contribution < 1.29 is 0 Å². The van der Waals surface area contributed by atoms with Gasteiger partial charge in [0.1, 0.15) is 0 Å². The fourth-order valence-corrected chi connectivity index (χ4v) is 1.97. The maximum atomic E-state index is 8.12. The van der Waals surface area contributed by atoms with E-state index in [4.69, 9.17) is 5.53 Å². The Kier molecular flexibility index (Phi) is 1.92. The second-order valence-corrected chi connectivity index (χ2v) is 3.87. The van der Waals surface area contributed by atoms with Gasteiger partial charge in [-0.25, -0.2) is 4.98 Å². The number of rotatable bonds is 2. The summed E-state index contributed by atoms with van der Waals surface area (Å²) < 4.78 is 1.95. The summed E-state index contributed by atoms with van der Waals surface area (Å²) in [5, 5.41) is 3.45. The van der Waals surface area contributed by atoms with Crippen LogP contribution in [0, 0.1) is 6.92 Å². The van der Waals surface area contributed by atoms with Gasteiger partial charge in [0, 0.05) is 22.2 Å². The molecule has 0 fully saturated rings. The van der Waals surface area contributed by atoms with E-state index in [2.05, 4.69) is 15.0 Å². The van der Waals surface area contributed by atoms with Gasteiger partial charge in [-0.05, 0) is 12.5 Å². The zero-order valence-electron chi connectivity index (χ0n) is 7.01. The minimum atomic E-state index is 0.323. The average molecular weight is 193 g/mol. The van der Waals surface area contributed by atoms with Crippen molar-refractivity contribution >= 4 is 16.3 Å². The Hall–Kier alpha value is -1.52. The number of hydrogen-bond donors (Lipinski definition) is 0. The van der Waals surface area contributed by atoms with Crippen LogP contribution < -0.4 is 0 Å². The smallest absolute Gasteiger partial charge is 0.194 e. The first-order chi connectivity index (χ1) is 6.29. The highest BCUT2D eigenvalue weighted by molar-refractivity contribution is 7.16. The predicted octanol–water partition coefficient (Wildman–Crippen LogP) is 2.51. The molecule has 0 N–H and O–H groups in total. The van der Waals surface area contributed by atoms with Crippen molar-refractivity contribution in [1.82, 2.24) is 9.38 Å². The summed E-state index contributed by atoms with van der Waals surface area (Å²) in [6.45, 7) is 2.36. The summed E-state index contributed by atoms with van der Waals surface area (Å²) in [5.74, 6) is 0. The normalized spacial score (nSPS) is 10.2. The van der Waals surface area contributed by atoms with Crippen LogP contribution in [-0.4, -0.2) is 9.38 Å². The minimum absolute atomic E-state index is 0.323. The van der Waals surface area contributed by atoms with Crippen molar-refractivity contribution in [2.45, 2.75) is 13.5 Å². The van der Waals surface area contributed by atoms with Crippen LogP contribution in [-0.2, 0) is 6.54 Å². The van der Waals surface area contributed by atoms with Crippen LogP contribution in [0.2, 0.25) is 0 Å². The summed E-state index contributed by atoms with van der Waals surface area (Å²) >= 11 is 1.62. The Labute approximate surface area is 78.3 Å². The molecule has 2 heterocycles. The molecule has 13 heavy (non-hydrogen) atoms. The quantitative estimate of drug-likeness (QED) is 0.410. The van der Waals surface area contributed by atoms with Gasteiger partial charge in [-0.3, -0.25) is 4.40 Å². The first kappa shape index (κ1) is 8.10. The van der Waals surface area contributed by atoms with E-state index in [1.165, 1.54) is 4.88 Å². The van der Waals surface area contributed by atoms with E-state index >= 15 is 0 Å². The molecule has 0 aromatic carbocycles. The van der Waals surface area contributed by atoms with Crippen LogP contribution in [0.25, 0.3) is 15.4 Å². The molecule has 6 heteroatoms. The van der Waals surface area contributed by atoms with Crippen molar-refractivity contribution in [3.63, 3.8) is 0 Å². The number of nitrogens with zero attached hydrogens (tertiary/aromatic N) is 5. The third-order valence-electron chi connectivity index (χ3n) is 1.62. The lowest BCUT2D eigenvalue weighted by Crippen LogP contribution is -1.77. The standard InChI is InChI=1S/C7H7N5S/c1-5-3-12-4-6(2-9-11-8)10-7(12)13-5/h3-4H,2H2,1H3. The molecule has 0 saturated heterocycles. The second-order valence-electron chi connectivity index (χ2n) is 2.65. The molecule has 0 unspecified atom stereocenters. The predicted molar refractivity (Wildman–Crippen MR) is 50.7 cm³/mol. The second kappa shape index (κ2) is 3.08. The highest BCUT2D eigenvalue weighted by atomic mass is 32.1. The third kappa shape index (κ3) is 1.49. The van der Waals surface area contributed by atoms with Gasteiger partial charge in [-0.1, -0.05) is 5.11 Å². The van der Waals surface area contributed by atoms with E-state index in [1.807, 2.05) is 23.7 Å². The number of imidazole rings is 1. The van der Waals surface area contributed by atoms with Crippen LogP contribution in [0.4, 0.5) is 0 Å². The van der Waals surface area contributed by atoms with Crippen molar-refractivity contribution in [2.24, 2.45) is 5.11 Å². The number of hydrogen-bond acceptors (Lipinski definition) is 3. The van der Waals surface area contributed by atoms with E-state index in [-0.39, 0.29) is 0 Å². The minimum Gasteiger partial charge on any atom is -0.297 e. The number of azide groups is 1. The SMILES string of the molecule is Cc1cn2cc(CN=[N+]=[N-])nc2s1. The molecule has 5 nitrogen and oxygen atoms in total. The molecule has 0 amide bonds. The van der Waals surface area contributed by atoms with Gasteiger partial charge in [-0.2, -0.15) is 0 Å². The van der Waals surface area contributed by atoms with Gasteiger partial charge in [-0.15, -0.1) is 11.3 Å². The zero-order chi connectivity index (χ0) is 9.26. The molecule has 0 bridgehead atoms. The molecular weight excluding hydrogens is 186 g/mol. The molecule has 0 radical (unpaired) electrons. The number of fused-ring (bicyclic) bond motifs is 1. The lowest BCUT2D eigenvalue weighted by atomic mass is 10.5. The van der Waals surface area contributed by atoms with E-state index in [9.17, 15) is 0 Å². The van der Waals surface area contributed by atoms with Gasteiger partial charge < -0.3 is 0 Å². The monoisotopic (exact) mass is 193 g/mol. The fourth-order valence-electron chi connectivity index (χ4n) is 1.14.